The molecule has 1 unspecified atom stereocenters. The van der Waals surface area contributed by atoms with Gasteiger partial charge in [-0.3, -0.25) is 0 Å². The molecule has 0 aliphatic heterocycles. The Hall–Kier alpha value is -0.860. The highest BCUT2D eigenvalue weighted by Crippen LogP contribution is 2.38. The standard InChI is InChI=1S/C15H22O2/c1-11-6-7-13(10-12(11)2)14(16)15(17)8-4-3-5-9-15/h6-7,10,14,16-17H,3-5,8-9H2,1-2H3. The zero-order valence-electron chi connectivity index (χ0n) is 10.7. The van der Waals surface area contributed by atoms with E-state index in [4.69, 9.17) is 0 Å². The Bertz CT molecular complexity index is 392. The van der Waals surface area contributed by atoms with Gasteiger partial charge in [0, 0.05) is 0 Å². The molecule has 1 aromatic carbocycles. The Morgan fingerprint density at radius 1 is 1.06 bits per heavy atom. The van der Waals surface area contributed by atoms with E-state index >= 15 is 0 Å². The van der Waals surface area contributed by atoms with E-state index in [1.807, 2.05) is 25.1 Å². The van der Waals surface area contributed by atoms with Crippen LogP contribution in [0.15, 0.2) is 18.2 Å². The molecule has 1 atom stereocenters. The highest BCUT2D eigenvalue weighted by Gasteiger charge is 2.37. The Kier molecular flexibility index (Phi) is 3.55. The van der Waals surface area contributed by atoms with E-state index in [0.29, 0.717) is 12.8 Å². The Morgan fingerprint density at radius 2 is 1.71 bits per heavy atom. The Morgan fingerprint density at radius 3 is 2.29 bits per heavy atom. The zero-order chi connectivity index (χ0) is 12.5. The molecule has 1 fully saturated rings. The lowest BCUT2D eigenvalue weighted by atomic mass is 9.78. The predicted molar refractivity (Wildman–Crippen MR) is 68.9 cm³/mol. The zero-order valence-corrected chi connectivity index (χ0v) is 10.7. The third-order valence-electron chi connectivity index (χ3n) is 4.08. The summed E-state index contributed by atoms with van der Waals surface area (Å²) in [6, 6.07) is 5.94. The minimum atomic E-state index is -0.917. The lowest BCUT2D eigenvalue weighted by molar-refractivity contribution is -0.0991. The van der Waals surface area contributed by atoms with Crippen LogP contribution in [0.3, 0.4) is 0 Å². The molecule has 2 N–H and O–H groups in total. The molecule has 2 heteroatoms. The molecule has 0 amide bonds. The minimum absolute atomic E-state index is 0.709. The maximum Gasteiger partial charge on any atom is 0.108 e. The third kappa shape index (κ3) is 2.53. The van der Waals surface area contributed by atoms with Crippen LogP contribution in [0.5, 0.6) is 0 Å². The number of aliphatic hydroxyl groups is 2. The fourth-order valence-electron chi connectivity index (χ4n) is 2.68. The summed E-state index contributed by atoms with van der Waals surface area (Å²) in [5, 5.41) is 20.9. The van der Waals surface area contributed by atoms with E-state index in [9.17, 15) is 10.2 Å². The molecule has 17 heavy (non-hydrogen) atoms. The van der Waals surface area contributed by atoms with Gasteiger partial charge in [-0.15, -0.1) is 0 Å². The Balaban J connectivity index is 2.23. The molecule has 94 valence electrons. The van der Waals surface area contributed by atoms with Gasteiger partial charge in [-0.05, 0) is 43.4 Å². The highest BCUT2D eigenvalue weighted by molar-refractivity contribution is 5.32. The summed E-state index contributed by atoms with van der Waals surface area (Å²) in [7, 11) is 0. The van der Waals surface area contributed by atoms with Gasteiger partial charge in [-0.25, -0.2) is 0 Å². The van der Waals surface area contributed by atoms with Gasteiger partial charge in [0.25, 0.3) is 0 Å². The molecule has 1 aromatic rings. The lowest BCUT2D eigenvalue weighted by Crippen LogP contribution is -2.38. The molecule has 2 rings (SSSR count). The number of hydrogen-bond acceptors (Lipinski definition) is 2. The number of aryl methyl sites for hydroxylation is 2. The normalized spacial score (nSPS) is 21.2. The SMILES string of the molecule is Cc1ccc(C(O)C2(O)CCCCC2)cc1C. The topological polar surface area (TPSA) is 40.5 Å². The molecule has 0 radical (unpaired) electrons. The smallest absolute Gasteiger partial charge is 0.108 e. The average molecular weight is 234 g/mol. The summed E-state index contributed by atoms with van der Waals surface area (Å²) in [5.74, 6) is 0. The first-order valence-electron chi connectivity index (χ1n) is 6.50. The maximum absolute atomic E-state index is 10.5. The van der Waals surface area contributed by atoms with Crippen LogP contribution in [0.2, 0.25) is 0 Å². The molecule has 0 saturated heterocycles. The van der Waals surface area contributed by atoms with Gasteiger partial charge in [0.2, 0.25) is 0 Å². The van der Waals surface area contributed by atoms with Crippen molar-refractivity contribution in [3.8, 4) is 0 Å². The van der Waals surface area contributed by atoms with Crippen LogP contribution in [0.4, 0.5) is 0 Å². The monoisotopic (exact) mass is 234 g/mol. The second-order valence-corrected chi connectivity index (χ2v) is 5.41. The van der Waals surface area contributed by atoms with Crippen LogP contribution in [0.1, 0.15) is 54.9 Å². The molecule has 0 spiro atoms. The first-order chi connectivity index (χ1) is 8.03. The van der Waals surface area contributed by atoms with Gasteiger partial charge in [0.1, 0.15) is 6.10 Å². The van der Waals surface area contributed by atoms with E-state index < -0.39 is 11.7 Å². The molecule has 1 saturated carbocycles. The first-order valence-corrected chi connectivity index (χ1v) is 6.50. The highest BCUT2D eigenvalue weighted by atomic mass is 16.3. The van der Waals surface area contributed by atoms with Crippen LogP contribution in [-0.4, -0.2) is 15.8 Å². The summed E-state index contributed by atoms with van der Waals surface area (Å²) in [6.45, 7) is 4.09. The van der Waals surface area contributed by atoms with E-state index in [0.717, 1.165) is 18.4 Å². The van der Waals surface area contributed by atoms with Crippen molar-refractivity contribution in [2.75, 3.05) is 0 Å². The fourth-order valence-corrected chi connectivity index (χ4v) is 2.68. The average Bonchev–Trinajstić information content (AvgIpc) is 2.33. The van der Waals surface area contributed by atoms with Gasteiger partial charge in [-0.2, -0.15) is 0 Å². The molecule has 1 aliphatic carbocycles. The second kappa shape index (κ2) is 4.79. The quantitative estimate of drug-likeness (QED) is 0.825. The van der Waals surface area contributed by atoms with Crippen molar-refractivity contribution < 1.29 is 10.2 Å². The molecular weight excluding hydrogens is 212 g/mol. The van der Waals surface area contributed by atoms with Gasteiger partial charge in [-0.1, -0.05) is 37.5 Å². The van der Waals surface area contributed by atoms with E-state index in [1.54, 1.807) is 0 Å². The van der Waals surface area contributed by atoms with Crippen molar-refractivity contribution >= 4 is 0 Å². The van der Waals surface area contributed by atoms with Gasteiger partial charge >= 0.3 is 0 Å². The minimum Gasteiger partial charge on any atom is -0.387 e. The van der Waals surface area contributed by atoms with E-state index in [2.05, 4.69) is 6.92 Å². The summed E-state index contributed by atoms with van der Waals surface area (Å²) in [5.41, 5.74) is 2.31. The van der Waals surface area contributed by atoms with Crippen LogP contribution >= 0.6 is 0 Å². The second-order valence-electron chi connectivity index (χ2n) is 5.41. The van der Waals surface area contributed by atoms with Crippen LogP contribution in [0.25, 0.3) is 0 Å². The first kappa shape index (κ1) is 12.6. The number of hydrogen-bond donors (Lipinski definition) is 2. The maximum atomic E-state index is 10.5. The third-order valence-corrected chi connectivity index (χ3v) is 4.08. The molecular formula is C15H22O2. The molecule has 0 aromatic heterocycles. The number of benzene rings is 1. The number of rotatable bonds is 2. The van der Waals surface area contributed by atoms with Crippen molar-refractivity contribution in [2.45, 2.75) is 57.7 Å². The molecule has 1 aliphatic rings. The summed E-state index contributed by atoms with van der Waals surface area (Å²) >= 11 is 0. The molecule has 0 heterocycles. The van der Waals surface area contributed by atoms with Crippen LogP contribution in [-0.2, 0) is 0 Å². The van der Waals surface area contributed by atoms with Gasteiger partial charge in [0.15, 0.2) is 0 Å². The summed E-state index contributed by atoms with van der Waals surface area (Å²) in [6.07, 6.45) is 3.86. The van der Waals surface area contributed by atoms with Crippen molar-refractivity contribution in [3.63, 3.8) is 0 Å². The lowest BCUT2D eigenvalue weighted by Gasteiger charge is -2.36. The number of aliphatic hydroxyl groups excluding tert-OH is 1. The van der Waals surface area contributed by atoms with Crippen LogP contribution in [0, 0.1) is 13.8 Å². The van der Waals surface area contributed by atoms with Crippen molar-refractivity contribution in [3.05, 3.63) is 34.9 Å². The Labute approximate surface area is 103 Å². The van der Waals surface area contributed by atoms with Gasteiger partial charge < -0.3 is 10.2 Å². The fraction of sp³-hybridized carbons (Fsp3) is 0.600. The summed E-state index contributed by atoms with van der Waals surface area (Å²) < 4.78 is 0. The van der Waals surface area contributed by atoms with Crippen molar-refractivity contribution in [2.24, 2.45) is 0 Å². The van der Waals surface area contributed by atoms with Crippen molar-refractivity contribution in [1.82, 2.24) is 0 Å². The largest absolute Gasteiger partial charge is 0.387 e. The van der Waals surface area contributed by atoms with Crippen molar-refractivity contribution in [1.29, 1.82) is 0 Å². The van der Waals surface area contributed by atoms with Gasteiger partial charge in [0.05, 0.1) is 5.60 Å². The summed E-state index contributed by atoms with van der Waals surface area (Å²) in [4.78, 5) is 0. The van der Waals surface area contributed by atoms with Crippen LogP contribution < -0.4 is 0 Å². The molecule has 2 nitrogen and oxygen atoms in total. The molecule has 0 bridgehead atoms. The predicted octanol–water partition coefficient (Wildman–Crippen LogP) is 3.03. The van der Waals surface area contributed by atoms with E-state index in [1.165, 1.54) is 17.5 Å². The van der Waals surface area contributed by atoms with E-state index in [-0.39, 0.29) is 0 Å².